The van der Waals surface area contributed by atoms with E-state index in [1.54, 1.807) is 25.4 Å². The van der Waals surface area contributed by atoms with Crippen LogP contribution in [0.1, 0.15) is 33.9 Å². The van der Waals surface area contributed by atoms with Crippen LogP contribution in [-0.4, -0.2) is 28.3 Å². The molecule has 0 radical (unpaired) electrons. The van der Waals surface area contributed by atoms with E-state index in [4.69, 9.17) is 33.0 Å². The number of hydrogen-bond donors (Lipinski definition) is 2. The van der Waals surface area contributed by atoms with Crippen LogP contribution in [0.15, 0.2) is 83.4 Å². The van der Waals surface area contributed by atoms with Gasteiger partial charge in [0, 0.05) is 11.8 Å². The van der Waals surface area contributed by atoms with Crippen molar-refractivity contribution < 1.29 is 19.1 Å². The van der Waals surface area contributed by atoms with Gasteiger partial charge in [-0.25, -0.2) is 4.79 Å². The fourth-order valence-corrected chi connectivity index (χ4v) is 4.79. The highest BCUT2D eigenvalue weighted by molar-refractivity contribution is 7.80. The van der Waals surface area contributed by atoms with Crippen molar-refractivity contribution in [3.05, 3.63) is 101 Å². The van der Waals surface area contributed by atoms with Crippen molar-refractivity contribution in [2.24, 2.45) is 0 Å². The lowest BCUT2D eigenvalue weighted by Crippen LogP contribution is -2.29. The minimum absolute atomic E-state index is 0.119. The number of carboxylic acids is 1. The molecule has 7 nitrogen and oxygen atoms in total. The molecule has 35 heavy (non-hydrogen) atoms. The molecular weight excluding hydrogens is 486 g/mol. The molecule has 0 spiro atoms. The average Bonchev–Trinajstić information content (AvgIpc) is 3.49. The molecule has 2 atom stereocenters. The van der Waals surface area contributed by atoms with E-state index < -0.39 is 12.0 Å². The Morgan fingerprint density at radius 3 is 2.69 bits per heavy atom. The van der Waals surface area contributed by atoms with Crippen molar-refractivity contribution >= 4 is 40.6 Å². The Morgan fingerprint density at radius 1 is 1.14 bits per heavy atom. The number of nitrogens with zero attached hydrogens (tertiary/aromatic N) is 2. The highest BCUT2D eigenvalue weighted by atomic mass is 35.5. The number of pyridine rings is 1. The van der Waals surface area contributed by atoms with Crippen LogP contribution in [0.5, 0.6) is 5.75 Å². The van der Waals surface area contributed by atoms with Crippen LogP contribution in [0.2, 0.25) is 5.02 Å². The summed E-state index contributed by atoms with van der Waals surface area (Å²) in [6.07, 6.45) is 1.73. The molecule has 0 amide bonds. The predicted molar refractivity (Wildman–Crippen MR) is 137 cm³/mol. The van der Waals surface area contributed by atoms with E-state index in [9.17, 15) is 9.90 Å². The Kier molecular flexibility index (Phi) is 6.15. The maximum Gasteiger partial charge on any atom is 0.335 e. The second-order valence-corrected chi connectivity index (χ2v) is 8.66. The number of carboxylic acid groups (broad SMARTS) is 1. The first-order chi connectivity index (χ1) is 17.0. The Hall–Kier alpha value is -3.88. The zero-order valence-electron chi connectivity index (χ0n) is 18.5. The molecule has 2 aromatic carbocycles. The van der Waals surface area contributed by atoms with Crippen LogP contribution < -0.4 is 15.0 Å². The molecule has 9 heteroatoms. The van der Waals surface area contributed by atoms with Crippen LogP contribution in [0.25, 0.3) is 11.3 Å². The minimum Gasteiger partial charge on any atom is -0.495 e. The van der Waals surface area contributed by atoms with Gasteiger partial charge in [0.1, 0.15) is 23.3 Å². The number of halogens is 1. The van der Waals surface area contributed by atoms with Gasteiger partial charge in [-0.1, -0.05) is 29.8 Å². The molecule has 3 heterocycles. The number of hydrogen-bond acceptors (Lipinski definition) is 5. The number of methoxy groups -OCH3 is 1. The zero-order chi connectivity index (χ0) is 24.5. The lowest BCUT2D eigenvalue weighted by atomic mass is 10.0. The van der Waals surface area contributed by atoms with Gasteiger partial charge in [0.2, 0.25) is 0 Å². The number of rotatable bonds is 6. The molecule has 4 aromatic rings. The van der Waals surface area contributed by atoms with Gasteiger partial charge in [-0.05, 0) is 66.8 Å². The number of aromatic nitrogens is 1. The van der Waals surface area contributed by atoms with Gasteiger partial charge < -0.3 is 24.5 Å². The van der Waals surface area contributed by atoms with E-state index in [1.165, 1.54) is 12.1 Å². The third kappa shape index (κ3) is 4.22. The van der Waals surface area contributed by atoms with Crippen LogP contribution in [0.4, 0.5) is 5.69 Å². The molecule has 0 aliphatic carbocycles. The monoisotopic (exact) mass is 505 g/mol. The molecular formula is C26H20ClN3O4S. The van der Waals surface area contributed by atoms with Gasteiger partial charge in [0.15, 0.2) is 5.11 Å². The minimum atomic E-state index is -1.04. The Balaban J connectivity index is 1.63. The van der Waals surface area contributed by atoms with Crippen LogP contribution in [0.3, 0.4) is 0 Å². The SMILES string of the molecule is COc1ccccc1N1C(=S)NC(c2ccccn2)C1c1ccc(-c2cc(C(=O)O)ccc2Cl)o1. The largest absolute Gasteiger partial charge is 0.495 e. The summed E-state index contributed by atoms with van der Waals surface area (Å²) in [6, 6.07) is 20.7. The lowest BCUT2D eigenvalue weighted by Gasteiger charge is -2.27. The molecule has 2 N–H and O–H groups in total. The second kappa shape index (κ2) is 9.40. The number of aromatic carboxylic acids is 1. The van der Waals surface area contributed by atoms with Gasteiger partial charge in [0.25, 0.3) is 0 Å². The summed E-state index contributed by atoms with van der Waals surface area (Å²) in [4.78, 5) is 18.0. The molecule has 5 rings (SSSR count). The second-order valence-electron chi connectivity index (χ2n) is 7.87. The summed E-state index contributed by atoms with van der Waals surface area (Å²) in [5, 5.41) is 13.7. The van der Waals surface area contributed by atoms with Gasteiger partial charge in [0.05, 0.1) is 35.1 Å². The maximum atomic E-state index is 11.5. The molecule has 1 fully saturated rings. The summed E-state index contributed by atoms with van der Waals surface area (Å²) in [7, 11) is 1.61. The van der Waals surface area contributed by atoms with Crippen molar-refractivity contribution in [3.8, 4) is 17.1 Å². The van der Waals surface area contributed by atoms with Crippen LogP contribution >= 0.6 is 23.8 Å². The van der Waals surface area contributed by atoms with Crippen molar-refractivity contribution in [2.75, 3.05) is 12.0 Å². The van der Waals surface area contributed by atoms with E-state index in [-0.39, 0.29) is 11.6 Å². The summed E-state index contributed by atoms with van der Waals surface area (Å²) in [5.74, 6) is 0.668. The summed E-state index contributed by atoms with van der Waals surface area (Å²) in [5.41, 5.74) is 2.18. The Bertz CT molecular complexity index is 1410. The predicted octanol–water partition coefficient (Wildman–Crippen LogP) is 5.88. The van der Waals surface area contributed by atoms with Crippen molar-refractivity contribution in [2.45, 2.75) is 12.1 Å². The molecule has 2 unspecified atom stereocenters. The molecule has 1 saturated heterocycles. The van der Waals surface area contributed by atoms with E-state index in [2.05, 4.69) is 10.3 Å². The van der Waals surface area contributed by atoms with Crippen molar-refractivity contribution in [3.63, 3.8) is 0 Å². The fraction of sp³-hybridized carbons (Fsp3) is 0.115. The summed E-state index contributed by atoms with van der Waals surface area (Å²) >= 11 is 12.1. The smallest absolute Gasteiger partial charge is 0.335 e. The molecule has 2 aromatic heterocycles. The molecule has 0 bridgehead atoms. The highest BCUT2D eigenvalue weighted by Gasteiger charge is 2.43. The Labute approximate surface area is 211 Å². The van der Waals surface area contributed by atoms with Gasteiger partial charge in [-0.3, -0.25) is 4.98 Å². The first kappa shape index (κ1) is 22.9. The molecule has 1 aliphatic rings. The van der Waals surface area contributed by atoms with E-state index in [0.29, 0.717) is 33.0 Å². The normalized spacial score (nSPS) is 17.3. The molecule has 1 aliphatic heterocycles. The number of furan rings is 1. The standard InChI is InChI=1S/C26H20ClN3O4S/c1-33-21-8-3-2-7-19(21)30-24(23(29-26(30)35)18-6-4-5-13-28-18)22-12-11-20(34-22)16-14-15(25(31)32)9-10-17(16)27/h2-14,23-24H,1H3,(H,29,35)(H,31,32). The van der Waals surface area contributed by atoms with E-state index >= 15 is 0 Å². The molecule has 0 saturated carbocycles. The van der Waals surface area contributed by atoms with E-state index in [0.717, 1.165) is 11.4 Å². The van der Waals surface area contributed by atoms with E-state index in [1.807, 2.05) is 53.4 Å². The van der Waals surface area contributed by atoms with Gasteiger partial charge in [-0.2, -0.15) is 0 Å². The van der Waals surface area contributed by atoms with Crippen molar-refractivity contribution in [1.82, 2.24) is 10.3 Å². The number of carbonyl (C=O) groups is 1. The third-order valence-corrected chi connectivity index (χ3v) is 6.48. The number of thiocarbonyl (C=S) groups is 1. The first-order valence-corrected chi connectivity index (χ1v) is 11.5. The fourth-order valence-electron chi connectivity index (χ4n) is 4.24. The number of benzene rings is 2. The number of para-hydroxylation sites is 2. The van der Waals surface area contributed by atoms with Crippen LogP contribution in [-0.2, 0) is 0 Å². The topological polar surface area (TPSA) is 87.8 Å². The average molecular weight is 506 g/mol. The van der Waals surface area contributed by atoms with Gasteiger partial charge >= 0.3 is 5.97 Å². The maximum absolute atomic E-state index is 11.5. The summed E-state index contributed by atoms with van der Waals surface area (Å²) < 4.78 is 11.9. The summed E-state index contributed by atoms with van der Waals surface area (Å²) in [6.45, 7) is 0. The quantitative estimate of drug-likeness (QED) is 0.314. The Morgan fingerprint density at radius 2 is 1.94 bits per heavy atom. The van der Waals surface area contributed by atoms with Crippen molar-refractivity contribution in [1.29, 1.82) is 0 Å². The third-order valence-electron chi connectivity index (χ3n) is 5.84. The lowest BCUT2D eigenvalue weighted by molar-refractivity contribution is 0.0697. The number of ether oxygens (including phenoxy) is 1. The van der Waals surface area contributed by atoms with Gasteiger partial charge in [-0.15, -0.1) is 0 Å². The number of anilines is 1. The number of nitrogens with one attached hydrogen (secondary N) is 1. The molecule has 176 valence electrons. The first-order valence-electron chi connectivity index (χ1n) is 10.7. The highest BCUT2D eigenvalue weighted by Crippen LogP contribution is 2.45. The zero-order valence-corrected chi connectivity index (χ0v) is 20.1. The van der Waals surface area contributed by atoms with Crippen LogP contribution in [0, 0.1) is 0 Å².